The minimum Gasteiger partial charge on any atom is -0.355 e. The van der Waals surface area contributed by atoms with Crippen LogP contribution in [-0.4, -0.2) is 40.4 Å². The van der Waals surface area contributed by atoms with Crippen molar-refractivity contribution in [1.29, 1.82) is 0 Å². The third-order valence-electron chi connectivity index (χ3n) is 5.00. The summed E-state index contributed by atoms with van der Waals surface area (Å²) in [5.74, 6) is 2.86. The summed E-state index contributed by atoms with van der Waals surface area (Å²) in [7, 11) is 1.83. The Kier molecular flexibility index (Phi) is 8.05. The maximum atomic E-state index is 4.34. The van der Waals surface area contributed by atoms with Gasteiger partial charge in [-0.05, 0) is 25.7 Å². The number of nitrogens with one attached hydrogen (secondary N) is 2. The molecule has 0 aromatic carbocycles. The fraction of sp³-hybridized carbons (Fsp3) is 0.833. The van der Waals surface area contributed by atoms with Gasteiger partial charge in [-0.2, -0.15) is 0 Å². The van der Waals surface area contributed by atoms with E-state index in [-0.39, 0.29) is 0 Å². The number of rotatable bonds is 8. The first-order valence-electron chi connectivity index (χ1n) is 9.56. The van der Waals surface area contributed by atoms with E-state index >= 15 is 0 Å². The van der Waals surface area contributed by atoms with Crippen molar-refractivity contribution in [2.24, 2.45) is 10.9 Å². The maximum absolute atomic E-state index is 4.34. The zero-order chi connectivity index (χ0) is 17.2. The lowest BCUT2D eigenvalue weighted by Crippen LogP contribution is -2.43. The molecule has 1 fully saturated rings. The minimum absolute atomic E-state index is 0.458. The smallest absolute Gasteiger partial charge is 0.191 e. The number of aryl methyl sites for hydroxylation is 1. The van der Waals surface area contributed by atoms with Crippen molar-refractivity contribution in [3.05, 3.63) is 12.2 Å². The van der Waals surface area contributed by atoms with Crippen molar-refractivity contribution in [3.63, 3.8) is 0 Å². The molecule has 6 nitrogen and oxygen atoms in total. The molecule has 6 heteroatoms. The van der Waals surface area contributed by atoms with Gasteiger partial charge in [0.15, 0.2) is 5.96 Å². The number of guanidine groups is 1. The van der Waals surface area contributed by atoms with Crippen LogP contribution in [0.3, 0.4) is 0 Å². The first-order chi connectivity index (χ1) is 11.7. The molecule has 0 saturated heterocycles. The molecule has 1 heterocycles. The van der Waals surface area contributed by atoms with Crippen LogP contribution in [0.1, 0.15) is 64.6 Å². The lowest BCUT2D eigenvalue weighted by Gasteiger charge is -2.24. The molecule has 1 aliphatic rings. The number of hydrogen-bond donors (Lipinski definition) is 2. The fourth-order valence-corrected chi connectivity index (χ4v) is 3.50. The summed E-state index contributed by atoms with van der Waals surface area (Å²) in [4.78, 5) is 4.34. The summed E-state index contributed by atoms with van der Waals surface area (Å²) in [5, 5.41) is 15.0. The van der Waals surface area contributed by atoms with Crippen LogP contribution in [0.2, 0.25) is 0 Å². The third kappa shape index (κ3) is 6.13. The van der Waals surface area contributed by atoms with E-state index < -0.39 is 0 Å². The molecule has 0 bridgehead atoms. The Morgan fingerprint density at radius 3 is 2.88 bits per heavy atom. The quantitative estimate of drug-likeness (QED) is 0.567. The zero-order valence-electron chi connectivity index (χ0n) is 15.6. The average molecular weight is 335 g/mol. The molecule has 2 N–H and O–H groups in total. The van der Waals surface area contributed by atoms with Gasteiger partial charge in [-0.15, -0.1) is 10.2 Å². The zero-order valence-corrected chi connectivity index (χ0v) is 15.6. The lowest BCUT2D eigenvalue weighted by atomic mass is 9.85. The standard InChI is InChI=1S/C18H34N6/c1-4-17-23-21-14-24(17)13-12-20-18(19-3)22-15(2)10-11-16-8-6-5-7-9-16/h14-16H,4-13H2,1-3H3,(H2,19,20,22). The van der Waals surface area contributed by atoms with Gasteiger partial charge in [-0.3, -0.25) is 4.99 Å². The van der Waals surface area contributed by atoms with E-state index in [9.17, 15) is 0 Å². The first kappa shape index (κ1) is 18.7. The van der Waals surface area contributed by atoms with Crippen LogP contribution >= 0.6 is 0 Å². The second-order valence-electron chi connectivity index (χ2n) is 6.92. The molecule has 24 heavy (non-hydrogen) atoms. The Labute approximate surface area is 146 Å². The second-order valence-corrected chi connectivity index (χ2v) is 6.92. The van der Waals surface area contributed by atoms with E-state index in [1.54, 1.807) is 6.33 Å². The van der Waals surface area contributed by atoms with Crippen molar-refractivity contribution >= 4 is 5.96 Å². The van der Waals surface area contributed by atoms with Gasteiger partial charge in [0.1, 0.15) is 12.2 Å². The van der Waals surface area contributed by atoms with Gasteiger partial charge in [0.2, 0.25) is 0 Å². The highest BCUT2D eigenvalue weighted by atomic mass is 15.3. The predicted octanol–water partition coefficient (Wildman–Crippen LogP) is 2.75. The number of nitrogens with zero attached hydrogens (tertiary/aromatic N) is 4. The van der Waals surface area contributed by atoms with E-state index in [1.807, 2.05) is 7.05 Å². The van der Waals surface area contributed by atoms with Gasteiger partial charge in [0.25, 0.3) is 0 Å². The summed E-state index contributed by atoms with van der Waals surface area (Å²) in [5.41, 5.74) is 0. The van der Waals surface area contributed by atoms with Crippen LogP contribution in [0.15, 0.2) is 11.3 Å². The van der Waals surface area contributed by atoms with Gasteiger partial charge in [0.05, 0.1) is 0 Å². The molecule has 0 aliphatic heterocycles. The van der Waals surface area contributed by atoms with E-state index in [4.69, 9.17) is 0 Å². The van der Waals surface area contributed by atoms with Crippen molar-refractivity contribution in [1.82, 2.24) is 25.4 Å². The highest BCUT2D eigenvalue weighted by molar-refractivity contribution is 5.79. The van der Waals surface area contributed by atoms with Gasteiger partial charge >= 0.3 is 0 Å². The number of aliphatic imine (C=N–C) groups is 1. The van der Waals surface area contributed by atoms with Crippen LogP contribution in [0.5, 0.6) is 0 Å². The Hall–Kier alpha value is -1.59. The van der Waals surface area contributed by atoms with Crippen molar-refractivity contribution in [2.45, 2.75) is 77.8 Å². The Balaban J connectivity index is 1.65. The Morgan fingerprint density at radius 1 is 1.38 bits per heavy atom. The molecule has 1 aromatic heterocycles. The highest BCUT2D eigenvalue weighted by Crippen LogP contribution is 2.27. The Morgan fingerprint density at radius 2 is 2.17 bits per heavy atom. The van der Waals surface area contributed by atoms with Gasteiger partial charge in [-0.1, -0.05) is 39.0 Å². The molecular weight excluding hydrogens is 300 g/mol. The lowest BCUT2D eigenvalue weighted by molar-refractivity contribution is 0.322. The normalized spacial score (nSPS) is 17.7. The molecule has 1 atom stereocenters. The molecule has 1 saturated carbocycles. The van der Waals surface area contributed by atoms with Crippen LogP contribution < -0.4 is 10.6 Å². The fourth-order valence-electron chi connectivity index (χ4n) is 3.50. The van der Waals surface area contributed by atoms with Gasteiger partial charge in [-0.25, -0.2) is 0 Å². The summed E-state index contributed by atoms with van der Waals surface area (Å²) < 4.78 is 2.09. The molecule has 1 aromatic rings. The molecule has 0 spiro atoms. The van der Waals surface area contributed by atoms with E-state index in [2.05, 4.69) is 44.2 Å². The summed E-state index contributed by atoms with van der Waals surface area (Å²) >= 11 is 0. The van der Waals surface area contributed by atoms with Crippen LogP contribution in [0.4, 0.5) is 0 Å². The summed E-state index contributed by atoms with van der Waals surface area (Å²) in [6.07, 6.45) is 12.4. The predicted molar refractivity (Wildman–Crippen MR) is 99.2 cm³/mol. The molecule has 1 aliphatic carbocycles. The molecule has 136 valence electrons. The molecular formula is C18H34N6. The van der Waals surface area contributed by atoms with E-state index in [0.29, 0.717) is 6.04 Å². The molecule has 0 radical (unpaired) electrons. The van der Waals surface area contributed by atoms with E-state index in [0.717, 1.165) is 37.2 Å². The van der Waals surface area contributed by atoms with Crippen LogP contribution in [-0.2, 0) is 13.0 Å². The number of hydrogen-bond acceptors (Lipinski definition) is 3. The molecule has 0 amide bonds. The highest BCUT2D eigenvalue weighted by Gasteiger charge is 2.15. The van der Waals surface area contributed by atoms with Crippen molar-refractivity contribution < 1.29 is 0 Å². The largest absolute Gasteiger partial charge is 0.355 e. The first-order valence-corrected chi connectivity index (χ1v) is 9.56. The van der Waals surface area contributed by atoms with Crippen molar-refractivity contribution in [2.75, 3.05) is 13.6 Å². The monoisotopic (exact) mass is 334 g/mol. The van der Waals surface area contributed by atoms with Crippen LogP contribution in [0.25, 0.3) is 0 Å². The topological polar surface area (TPSA) is 67.1 Å². The SMILES string of the molecule is CCc1nncn1CCNC(=NC)NC(C)CCC1CCCCC1. The van der Waals surface area contributed by atoms with Crippen LogP contribution in [0, 0.1) is 5.92 Å². The van der Waals surface area contributed by atoms with Crippen molar-refractivity contribution in [3.8, 4) is 0 Å². The minimum atomic E-state index is 0.458. The average Bonchev–Trinajstić information content (AvgIpc) is 3.07. The van der Waals surface area contributed by atoms with E-state index in [1.165, 1.54) is 44.9 Å². The summed E-state index contributed by atoms with van der Waals surface area (Å²) in [6.45, 7) is 6.03. The number of aromatic nitrogens is 3. The van der Waals surface area contributed by atoms with Gasteiger partial charge < -0.3 is 15.2 Å². The second kappa shape index (κ2) is 10.3. The van der Waals surface area contributed by atoms with Gasteiger partial charge in [0, 0.05) is 32.6 Å². The maximum Gasteiger partial charge on any atom is 0.191 e. The Bertz CT molecular complexity index is 489. The molecule has 2 rings (SSSR count). The summed E-state index contributed by atoms with van der Waals surface area (Å²) in [6, 6.07) is 0.458. The molecule has 1 unspecified atom stereocenters. The third-order valence-corrected chi connectivity index (χ3v) is 5.00.